The lowest BCUT2D eigenvalue weighted by Gasteiger charge is -2.46. The van der Waals surface area contributed by atoms with Gasteiger partial charge in [-0.15, -0.1) is 0 Å². The molecule has 0 aliphatic carbocycles. The lowest BCUT2D eigenvalue weighted by atomic mass is 9.99. The molecule has 2 aliphatic rings. The van der Waals surface area contributed by atoms with E-state index in [0.29, 0.717) is 6.61 Å². The average Bonchev–Trinajstić information content (AvgIpc) is 2.69. The van der Waals surface area contributed by atoms with Gasteiger partial charge < -0.3 is 33.6 Å². The SMILES string of the molecule is CCCCCCCCCCCCCCO[C@@H]1O[C@@H]2COP(=O)([O-])O[C@H]2[C@H](O)[C@H]1O. The van der Waals surface area contributed by atoms with Gasteiger partial charge in [0.15, 0.2) is 6.29 Å². The van der Waals surface area contributed by atoms with Crippen molar-refractivity contribution in [3.8, 4) is 0 Å². The van der Waals surface area contributed by atoms with Crippen LogP contribution in [-0.2, 0) is 23.1 Å². The molecule has 8 nitrogen and oxygen atoms in total. The molecule has 2 aliphatic heterocycles. The molecule has 0 aromatic carbocycles. The number of phosphoric ester groups is 1. The molecule has 0 saturated carbocycles. The van der Waals surface area contributed by atoms with Gasteiger partial charge >= 0.3 is 0 Å². The van der Waals surface area contributed by atoms with Gasteiger partial charge in [-0.05, 0) is 6.42 Å². The lowest BCUT2D eigenvalue weighted by Crippen LogP contribution is -2.61. The second kappa shape index (κ2) is 13.4. The first-order valence-electron chi connectivity index (χ1n) is 11.2. The highest BCUT2D eigenvalue weighted by atomic mass is 31.2. The van der Waals surface area contributed by atoms with Gasteiger partial charge in [0, 0.05) is 6.61 Å². The van der Waals surface area contributed by atoms with Gasteiger partial charge in [0.2, 0.25) is 0 Å². The van der Waals surface area contributed by atoms with Crippen LogP contribution in [0.2, 0.25) is 0 Å². The summed E-state index contributed by atoms with van der Waals surface area (Å²) in [6, 6.07) is 0. The summed E-state index contributed by atoms with van der Waals surface area (Å²) in [4.78, 5) is 11.4. The number of hydrogen-bond acceptors (Lipinski definition) is 8. The number of phosphoric acid groups is 1. The topological polar surface area (TPSA) is 118 Å². The van der Waals surface area contributed by atoms with Crippen molar-refractivity contribution in [2.24, 2.45) is 0 Å². The Kier molecular flexibility index (Phi) is 11.6. The molecular formula is C20H38O8P-. The molecule has 9 heteroatoms. The summed E-state index contributed by atoms with van der Waals surface area (Å²) in [6.45, 7) is 2.39. The second-order valence-electron chi connectivity index (χ2n) is 8.10. The molecule has 0 amide bonds. The molecule has 2 saturated heterocycles. The number of hydrogen-bond donors (Lipinski definition) is 2. The van der Waals surface area contributed by atoms with Gasteiger partial charge in [-0.25, -0.2) is 0 Å². The number of aliphatic hydroxyl groups excluding tert-OH is 2. The summed E-state index contributed by atoms with van der Waals surface area (Å²) >= 11 is 0. The number of fused-ring (bicyclic) bond motifs is 1. The standard InChI is InChI=1S/C20H39O8P/c1-2-3-4-5-6-7-8-9-10-11-12-13-14-25-20-18(22)17(21)19-16(27-20)15-26-29(23,24)28-19/h16-22H,2-15H2,1H3,(H,23,24)/p-1/t16-,17-,18-,19-,20-/m1/s1. The van der Waals surface area contributed by atoms with E-state index in [1.54, 1.807) is 0 Å². The Labute approximate surface area is 174 Å². The molecule has 2 fully saturated rings. The predicted molar refractivity (Wildman–Crippen MR) is 106 cm³/mol. The van der Waals surface area contributed by atoms with Crippen LogP contribution in [-0.4, -0.2) is 54.1 Å². The second-order valence-corrected chi connectivity index (χ2v) is 9.46. The highest BCUT2D eigenvalue weighted by molar-refractivity contribution is 7.45. The molecule has 2 heterocycles. The van der Waals surface area contributed by atoms with Gasteiger partial charge in [-0.3, -0.25) is 4.57 Å². The predicted octanol–water partition coefficient (Wildman–Crippen LogP) is 3.03. The van der Waals surface area contributed by atoms with Crippen LogP contribution < -0.4 is 4.89 Å². The van der Waals surface area contributed by atoms with Crippen LogP contribution in [0.3, 0.4) is 0 Å². The Balaban J connectivity index is 1.49. The van der Waals surface area contributed by atoms with E-state index < -0.39 is 38.5 Å². The Morgan fingerprint density at radius 3 is 2.07 bits per heavy atom. The maximum absolute atomic E-state index is 11.4. The molecule has 0 bridgehead atoms. The van der Waals surface area contributed by atoms with E-state index in [4.69, 9.17) is 14.0 Å². The van der Waals surface area contributed by atoms with Crippen LogP contribution in [0.1, 0.15) is 84.0 Å². The van der Waals surface area contributed by atoms with Crippen molar-refractivity contribution in [1.82, 2.24) is 0 Å². The fraction of sp³-hybridized carbons (Fsp3) is 1.00. The number of ether oxygens (including phenoxy) is 2. The highest BCUT2D eigenvalue weighted by Gasteiger charge is 2.49. The smallest absolute Gasteiger partial charge is 0.268 e. The Morgan fingerprint density at radius 1 is 0.931 bits per heavy atom. The molecule has 2 rings (SSSR count). The minimum atomic E-state index is -4.45. The van der Waals surface area contributed by atoms with E-state index in [0.717, 1.165) is 19.3 Å². The zero-order valence-electron chi connectivity index (χ0n) is 17.6. The van der Waals surface area contributed by atoms with Crippen LogP contribution >= 0.6 is 7.82 Å². The fourth-order valence-corrected chi connectivity index (χ4v) is 4.74. The highest BCUT2D eigenvalue weighted by Crippen LogP contribution is 2.47. The van der Waals surface area contributed by atoms with Crippen molar-refractivity contribution in [3.05, 3.63) is 0 Å². The molecule has 0 radical (unpaired) electrons. The van der Waals surface area contributed by atoms with Crippen LogP contribution in [0.4, 0.5) is 0 Å². The molecule has 172 valence electrons. The molecule has 6 atom stereocenters. The van der Waals surface area contributed by atoms with Crippen molar-refractivity contribution < 1.29 is 38.2 Å². The summed E-state index contributed by atoms with van der Waals surface area (Å²) in [5.74, 6) is 0. The monoisotopic (exact) mass is 437 g/mol. The summed E-state index contributed by atoms with van der Waals surface area (Å²) < 4.78 is 31.8. The van der Waals surface area contributed by atoms with E-state index in [1.807, 2.05) is 0 Å². The molecule has 0 aromatic heterocycles. The van der Waals surface area contributed by atoms with Crippen molar-refractivity contribution in [3.63, 3.8) is 0 Å². The van der Waals surface area contributed by atoms with Gasteiger partial charge in [0.1, 0.15) is 24.4 Å². The Morgan fingerprint density at radius 2 is 1.48 bits per heavy atom. The zero-order valence-corrected chi connectivity index (χ0v) is 18.5. The van der Waals surface area contributed by atoms with E-state index in [-0.39, 0.29) is 6.61 Å². The third-order valence-electron chi connectivity index (χ3n) is 5.57. The average molecular weight is 437 g/mol. The normalized spacial score (nSPS) is 34.8. The van der Waals surface area contributed by atoms with Gasteiger partial charge in [-0.2, -0.15) is 0 Å². The number of aliphatic hydroxyl groups is 2. The van der Waals surface area contributed by atoms with Crippen LogP contribution in [0.25, 0.3) is 0 Å². The third-order valence-corrected chi connectivity index (χ3v) is 6.54. The maximum Gasteiger partial charge on any atom is 0.268 e. The van der Waals surface area contributed by atoms with Gasteiger partial charge in [-0.1, -0.05) is 77.6 Å². The van der Waals surface area contributed by atoms with Gasteiger partial charge in [0.05, 0.1) is 6.61 Å². The summed E-state index contributed by atoms with van der Waals surface area (Å²) in [5, 5.41) is 20.3. The minimum absolute atomic E-state index is 0.256. The quantitative estimate of drug-likeness (QED) is 0.315. The fourth-order valence-electron chi connectivity index (χ4n) is 3.79. The van der Waals surface area contributed by atoms with Gasteiger partial charge in [0.25, 0.3) is 7.82 Å². The van der Waals surface area contributed by atoms with Crippen molar-refractivity contribution in [2.75, 3.05) is 13.2 Å². The minimum Gasteiger partial charge on any atom is -0.756 e. The van der Waals surface area contributed by atoms with Crippen LogP contribution in [0, 0.1) is 0 Å². The van der Waals surface area contributed by atoms with E-state index in [2.05, 4.69) is 11.4 Å². The molecule has 1 unspecified atom stereocenters. The summed E-state index contributed by atoms with van der Waals surface area (Å²) in [5.41, 5.74) is 0. The molecule has 0 aromatic rings. The zero-order chi connectivity index (χ0) is 21.1. The third kappa shape index (κ3) is 8.91. The molecule has 0 spiro atoms. The summed E-state index contributed by atoms with van der Waals surface area (Å²) in [6.07, 6.45) is 9.17. The van der Waals surface area contributed by atoms with Crippen molar-refractivity contribution in [1.29, 1.82) is 0 Å². The molecular weight excluding hydrogens is 399 g/mol. The van der Waals surface area contributed by atoms with Crippen LogP contribution in [0.5, 0.6) is 0 Å². The Bertz CT molecular complexity index is 489. The Hall–Kier alpha value is -0.0500. The van der Waals surface area contributed by atoms with E-state index in [1.165, 1.54) is 57.8 Å². The van der Waals surface area contributed by atoms with Crippen LogP contribution in [0.15, 0.2) is 0 Å². The largest absolute Gasteiger partial charge is 0.756 e. The first-order chi connectivity index (χ1) is 13.9. The molecule has 29 heavy (non-hydrogen) atoms. The number of unbranched alkanes of at least 4 members (excludes halogenated alkanes) is 11. The van der Waals surface area contributed by atoms with E-state index >= 15 is 0 Å². The maximum atomic E-state index is 11.4. The molecule has 2 N–H and O–H groups in total. The number of rotatable bonds is 14. The lowest BCUT2D eigenvalue weighted by molar-refractivity contribution is -0.324. The van der Waals surface area contributed by atoms with Crippen molar-refractivity contribution >= 4 is 7.82 Å². The summed E-state index contributed by atoms with van der Waals surface area (Å²) in [7, 11) is -4.45. The first kappa shape index (κ1) is 25.2. The van der Waals surface area contributed by atoms with E-state index in [9.17, 15) is 19.7 Å². The first-order valence-corrected chi connectivity index (χ1v) is 12.7. The van der Waals surface area contributed by atoms with Crippen molar-refractivity contribution in [2.45, 2.75) is 115 Å².